The number of halogens is 1. The summed E-state index contributed by atoms with van der Waals surface area (Å²) < 4.78 is 11.2. The van der Waals surface area contributed by atoms with Crippen LogP contribution < -0.4 is 4.74 Å². The van der Waals surface area contributed by atoms with E-state index in [2.05, 4.69) is 35.3 Å². The van der Waals surface area contributed by atoms with Gasteiger partial charge >= 0.3 is 0 Å². The SMILES string of the molecule is COc1ccc(-c2cc([C@H]3C(c4ccc(Cl)cc4)C[C@H]4CCC3N4C)on2)cc1. The van der Waals surface area contributed by atoms with Crippen LogP contribution in [-0.4, -0.2) is 36.3 Å². The smallest absolute Gasteiger partial charge is 0.142 e. The molecule has 0 spiro atoms. The van der Waals surface area contributed by atoms with Gasteiger partial charge in [0.15, 0.2) is 0 Å². The van der Waals surface area contributed by atoms with E-state index in [0.29, 0.717) is 23.9 Å². The zero-order valence-corrected chi connectivity index (χ0v) is 17.5. The van der Waals surface area contributed by atoms with Crippen LogP contribution in [0.15, 0.2) is 59.1 Å². The average Bonchev–Trinajstić information content (AvgIpc) is 3.31. The molecule has 2 fully saturated rings. The van der Waals surface area contributed by atoms with Crippen molar-refractivity contribution in [2.24, 2.45) is 0 Å². The molecule has 2 bridgehead atoms. The van der Waals surface area contributed by atoms with E-state index in [0.717, 1.165) is 34.2 Å². The molecule has 5 heteroatoms. The quantitative estimate of drug-likeness (QED) is 0.552. The Kier molecular flexibility index (Phi) is 4.84. The van der Waals surface area contributed by atoms with Gasteiger partial charge in [-0.3, -0.25) is 4.90 Å². The van der Waals surface area contributed by atoms with Crippen molar-refractivity contribution in [2.75, 3.05) is 14.2 Å². The van der Waals surface area contributed by atoms with Gasteiger partial charge < -0.3 is 9.26 Å². The van der Waals surface area contributed by atoms with E-state index < -0.39 is 0 Å². The first-order valence-electron chi connectivity index (χ1n) is 10.2. The summed E-state index contributed by atoms with van der Waals surface area (Å²) in [6, 6.07) is 19.5. The largest absolute Gasteiger partial charge is 0.497 e. The molecule has 2 aromatic carbocycles. The third kappa shape index (κ3) is 3.34. The molecule has 0 aliphatic carbocycles. The Morgan fingerprint density at radius 3 is 2.55 bits per heavy atom. The summed E-state index contributed by atoms with van der Waals surface area (Å²) in [4.78, 5) is 2.55. The maximum Gasteiger partial charge on any atom is 0.142 e. The third-order valence-corrected chi connectivity index (χ3v) is 7.06. The van der Waals surface area contributed by atoms with Gasteiger partial charge in [-0.2, -0.15) is 0 Å². The van der Waals surface area contributed by atoms with Crippen molar-refractivity contribution in [1.29, 1.82) is 0 Å². The Bertz CT molecular complexity index is 983. The molecule has 29 heavy (non-hydrogen) atoms. The monoisotopic (exact) mass is 408 g/mol. The summed E-state index contributed by atoms with van der Waals surface area (Å²) in [5.41, 5.74) is 3.25. The van der Waals surface area contributed by atoms with Crippen LogP contribution in [0.5, 0.6) is 5.75 Å². The fraction of sp³-hybridized carbons (Fsp3) is 0.375. The van der Waals surface area contributed by atoms with Gasteiger partial charge in [0.2, 0.25) is 0 Å². The standard InChI is InChI=1S/C24H25ClN2O2/c1-27-18-9-12-22(27)24(20(13-18)15-3-7-17(25)8-4-15)23-14-21(26-29-23)16-5-10-19(28-2)11-6-16/h3-8,10-11,14,18,20,22,24H,9,12-13H2,1-2H3/t18-,20?,22?,24+/m1/s1. The third-order valence-electron chi connectivity index (χ3n) is 6.81. The molecule has 2 aliphatic heterocycles. The molecule has 2 aliphatic rings. The summed E-state index contributed by atoms with van der Waals surface area (Å²) in [5.74, 6) is 2.52. The number of benzene rings is 2. The number of fused-ring (bicyclic) bond motifs is 2. The van der Waals surface area contributed by atoms with E-state index in [1.54, 1.807) is 7.11 Å². The van der Waals surface area contributed by atoms with Crippen molar-refractivity contribution >= 4 is 11.6 Å². The maximum atomic E-state index is 6.14. The number of hydrogen-bond donors (Lipinski definition) is 0. The zero-order chi connectivity index (χ0) is 20.0. The first-order valence-corrected chi connectivity index (χ1v) is 10.6. The molecule has 4 nitrogen and oxygen atoms in total. The fourth-order valence-corrected chi connectivity index (χ4v) is 5.38. The predicted octanol–water partition coefficient (Wildman–Crippen LogP) is 5.74. The number of nitrogens with zero attached hydrogens (tertiary/aromatic N) is 2. The lowest BCUT2D eigenvalue weighted by Gasteiger charge is -2.42. The Hall–Kier alpha value is -2.30. The van der Waals surface area contributed by atoms with Crippen molar-refractivity contribution in [3.8, 4) is 17.0 Å². The highest BCUT2D eigenvalue weighted by molar-refractivity contribution is 6.30. The van der Waals surface area contributed by atoms with Crippen molar-refractivity contribution in [1.82, 2.24) is 10.1 Å². The molecular weight excluding hydrogens is 384 g/mol. The van der Waals surface area contributed by atoms with Crippen LogP contribution in [0.4, 0.5) is 0 Å². The lowest BCUT2D eigenvalue weighted by Crippen LogP contribution is -2.44. The molecule has 0 N–H and O–H groups in total. The van der Waals surface area contributed by atoms with Gasteiger partial charge in [-0.05, 0) is 74.2 Å². The highest BCUT2D eigenvalue weighted by atomic mass is 35.5. The van der Waals surface area contributed by atoms with Crippen molar-refractivity contribution in [2.45, 2.75) is 43.2 Å². The average molecular weight is 409 g/mol. The van der Waals surface area contributed by atoms with Crippen molar-refractivity contribution in [3.05, 3.63) is 70.9 Å². The van der Waals surface area contributed by atoms with Crippen molar-refractivity contribution < 1.29 is 9.26 Å². The van der Waals surface area contributed by atoms with Gasteiger partial charge in [-0.25, -0.2) is 0 Å². The molecule has 2 saturated heterocycles. The van der Waals surface area contributed by atoms with Crippen LogP contribution in [-0.2, 0) is 0 Å². The van der Waals surface area contributed by atoms with E-state index in [1.807, 2.05) is 36.4 Å². The Morgan fingerprint density at radius 1 is 1.07 bits per heavy atom. The summed E-state index contributed by atoms with van der Waals surface area (Å²) in [7, 11) is 3.93. The highest BCUT2D eigenvalue weighted by Gasteiger charge is 2.48. The Balaban J connectivity index is 1.50. The lowest BCUT2D eigenvalue weighted by molar-refractivity contribution is 0.122. The first-order chi connectivity index (χ1) is 14.1. The Labute approximate surface area is 176 Å². The lowest BCUT2D eigenvalue weighted by atomic mass is 9.75. The molecule has 0 saturated carbocycles. The highest BCUT2D eigenvalue weighted by Crippen LogP contribution is 2.51. The molecule has 4 atom stereocenters. The van der Waals surface area contributed by atoms with Gasteiger partial charge in [-0.15, -0.1) is 0 Å². The number of methoxy groups -OCH3 is 1. The molecule has 5 rings (SSSR count). The van der Waals surface area contributed by atoms with E-state index in [-0.39, 0.29) is 0 Å². The zero-order valence-electron chi connectivity index (χ0n) is 16.7. The van der Waals surface area contributed by atoms with E-state index >= 15 is 0 Å². The summed E-state index contributed by atoms with van der Waals surface area (Å²) in [6.07, 6.45) is 3.59. The van der Waals surface area contributed by atoms with E-state index in [9.17, 15) is 0 Å². The molecule has 0 radical (unpaired) electrons. The number of rotatable bonds is 4. The van der Waals surface area contributed by atoms with Crippen LogP contribution in [0, 0.1) is 0 Å². The van der Waals surface area contributed by atoms with Gasteiger partial charge in [0, 0.05) is 34.7 Å². The molecule has 0 amide bonds. The second-order valence-electron chi connectivity index (χ2n) is 8.23. The molecule has 150 valence electrons. The van der Waals surface area contributed by atoms with Crippen molar-refractivity contribution in [3.63, 3.8) is 0 Å². The van der Waals surface area contributed by atoms with Crippen LogP contribution in [0.25, 0.3) is 11.3 Å². The maximum absolute atomic E-state index is 6.14. The minimum absolute atomic E-state index is 0.291. The number of likely N-dealkylation sites (N-methyl/N-ethyl adjacent to an activating group) is 1. The van der Waals surface area contributed by atoms with Crippen LogP contribution in [0.2, 0.25) is 5.02 Å². The summed E-state index contributed by atoms with van der Waals surface area (Å²) in [5, 5.41) is 5.19. The predicted molar refractivity (Wildman–Crippen MR) is 115 cm³/mol. The number of ether oxygens (including phenoxy) is 1. The van der Waals surface area contributed by atoms with Crippen LogP contribution in [0.3, 0.4) is 0 Å². The molecule has 2 unspecified atom stereocenters. The van der Waals surface area contributed by atoms with Crippen LogP contribution >= 0.6 is 11.6 Å². The summed E-state index contributed by atoms with van der Waals surface area (Å²) in [6.45, 7) is 0. The number of aromatic nitrogens is 1. The topological polar surface area (TPSA) is 38.5 Å². The van der Waals surface area contributed by atoms with Gasteiger partial charge in [0.25, 0.3) is 0 Å². The minimum Gasteiger partial charge on any atom is -0.497 e. The molecule has 3 heterocycles. The fourth-order valence-electron chi connectivity index (χ4n) is 5.25. The van der Waals surface area contributed by atoms with E-state index in [4.69, 9.17) is 20.9 Å². The van der Waals surface area contributed by atoms with Crippen LogP contribution in [0.1, 0.15) is 42.4 Å². The Morgan fingerprint density at radius 2 is 1.83 bits per heavy atom. The van der Waals surface area contributed by atoms with Gasteiger partial charge in [0.1, 0.15) is 17.2 Å². The first kappa shape index (κ1) is 18.7. The normalized spacial score (nSPS) is 26.6. The second-order valence-corrected chi connectivity index (χ2v) is 8.66. The molecule has 3 aromatic rings. The number of hydrogen-bond acceptors (Lipinski definition) is 4. The van der Waals surface area contributed by atoms with E-state index in [1.165, 1.54) is 18.4 Å². The molecule has 1 aromatic heterocycles. The second kappa shape index (κ2) is 7.51. The van der Waals surface area contributed by atoms with Gasteiger partial charge in [-0.1, -0.05) is 28.9 Å². The summed E-state index contributed by atoms with van der Waals surface area (Å²) >= 11 is 6.14. The minimum atomic E-state index is 0.291. The van der Waals surface area contributed by atoms with Gasteiger partial charge in [0.05, 0.1) is 7.11 Å². The number of piperidine rings is 1. The molecular formula is C24H25ClN2O2.